The van der Waals surface area contributed by atoms with Gasteiger partial charge in [-0.2, -0.15) is 0 Å². The number of nitrogen functional groups attached to an aromatic ring is 1. The first-order chi connectivity index (χ1) is 8.47. The minimum absolute atomic E-state index is 0.228. The highest BCUT2D eigenvalue weighted by Crippen LogP contribution is 2.30. The lowest BCUT2D eigenvalue weighted by Gasteiger charge is -2.28. The van der Waals surface area contributed by atoms with Crippen LogP contribution in [-0.2, 0) is 0 Å². The number of nitrogens with two attached hydrogens (primary N) is 1. The number of pyridine rings is 1. The Balaban J connectivity index is 2.24. The van der Waals surface area contributed by atoms with E-state index in [0.29, 0.717) is 23.1 Å². The molecule has 2 atom stereocenters. The molecule has 1 aliphatic rings. The summed E-state index contributed by atoms with van der Waals surface area (Å²) in [6, 6.07) is 1.92. The number of β-amino-alcohol motifs (C(OH)–C–C–N with tert-alkyl or cyclic N) is 1. The monoisotopic (exact) mass is 270 g/mol. The molecule has 0 saturated carbocycles. The van der Waals surface area contributed by atoms with Crippen molar-refractivity contribution in [3.63, 3.8) is 0 Å². The van der Waals surface area contributed by atoms with Crippen molar-refractivity contribution in [2.75, 3.05) is 37.8 Å². The van der Waals surface area contributed by atoms with Gasteiger partial charge >= 0.3 is 0 Å². The first-order valence-corrected chi connectivity index (χ1v) is 6.35. The SMILES string of the molecule is CN(C)CC1CC(O)CN1c1ncc(Cl)cc1N. The molecule has 1 fully saturated rings. The Morgan fingerprint density at radius 3 is 2.94 bits per heavy atom. The zero-order chi connectivity index (χ0) is 13.3. The van der Waals surface area contributed by atoms with Crippen LogP contribution in [0.3, 0.4) is 0 Å². The molecule has 0 spiro atoms. The normalized spacial score (nSPS) is 23.9. The number of hydrogen-bond acceptors (Lipinski definition) is 5. The van der Waals surface area contributed by atoms with Gasteiger partial charge in [0.25, 0.3) is 0 Å². The molecule has 2 unspecified atom stereocenters. The number of hydrogen-bond donors (Lipinski definition) is 2. The van der Waals surface area contributed by atoms with Crippen LogP contribution in [0.4, 0.5) is 11.5 Å². The van der Waals surface area contributed by atoms with E-state index in [0.717, 1.165) is 13.0 Å². The lowest BCUT2D eigenvalue weighted by Crippen LogP contribution is -2.38. The van der Waals surface area contributed by atoms with Gasteiger partial charge in [0.1, 0.15) is 0 Å². The fraction of sp³-hybridized carbons (Fsp3) is 0.583. The molecule has 1 aromatic heterocycles. The first-order valence-electron chi connectivity index (χ1n) is 5.98. The molecule has 0 aromatic carbocycles. The van der Waals surface area contributed by atoms with E-state index >= 15 is 0 Å². The van der Waals surface area contributed by atoms with Crippen molar-refractivity contribution < 1.29 is 5.11 Å². The number of aliphatic hydroxyl groups excluding tert-OH is 1. The van der Waals surface area contributed by atoms with Crippen molar-refractivity contribution in [1.82, 2.24) is 9.88 Å². The highest BCUT2D eigenvalue weighted by atomic mass is 35.5. The van der Waals surface area contributed by atoms with Crippen LogP contribution in [0.5, 0.6) is 0 Å². The Morgan fingerprint density at radius 1 is 1.61 bits per heavy atom. The first kappa shape index (κ1) is 13.4. The van der Waals surface area contributed by atoms with E-state index in [1.165, 1.54) is 0 Å². The maximum Gasteiger partial charge on any atom is 0.152 e. The Bertz CT molecular complexity index is 427. The topological polar surface area (TPSA) is 65.6 Å². The molecule has 0 radical (unpaired) electrons. The third-order valence-corrected chi connectivity index (χ3v) is 3.31. The molecule has 1 aromatic rings. The molecule has 1 saturated heterocycles. The van der Waals surface area contributed by atoms with Gasteiger partial charge in [-0.1, -0.05) is 11.6 Å². The van der Waals surface area contributed by atoms with Gasteiger partial charge in [0.2, 0.25) is 0 Å². The highest BCUT2D eigenvalue weighted by molar-refractivity contribution is 6.30. The number of likely N-dealkylation sites (N-methyl/N-ethyl adjacent to an activating group) is 1. The summed E-state index contributed by atoms with van der Waals surface area (Å²) in [4.78, 5) is 8.46. The van der Waals surface area contributed by atoms with E-state index in [9.17, 15) is 5.11 Å². The van der Waals surface area contributed by atoms with Crippen molar-refractivity contribution in [3.8, 4) is 0 Å². The Labute approximate surface area is 112 Å². The fourth-order valence-corrected chi connectivity index (χ4v) is 2.60. The summed E-state index contributed by atoms with van der Waals surface area (Å²) in [5, 5.41) is 10.4. The van der Waals surface area contributed by atoms with Crippen LogP contribution >= 0.6 is 11.6 Å². The number of halogens is 1. The van der Waals surface area contributed by atoms with E-state index in [4.69, 9.17) is 17.3 Å². The second-order valence-corrected chi connectivity index (χ2v) is 5.46. The van der Waals surface area contributed by atoms with Gasteiger partial charge in [-0.3, -0.25) is 0 Å². The van der Waals surface area contributed by atoms with Gasteiger partial charge < -0.3 is 20.6 Å². The van der Waals surface area contributed by atoms with E-state index < -0.39 is 0 Å². The molecule has 1 aliphatic heterocycles. The molecular weight excluding hydrogens is 252 g/mol. The maximum absolute atomic E-state index is 9.83. The molecule has 5 nitrogen and oxygen atoms in total. The van der Waals surface area contributed by atoms with Crippen molar-refractivity contribution in [1.29, 1.82) is 0 Å². The van der Waals surface area contributed by atoms with Crippen LogP contribution in [0.1, 0.15) is 6.42 Å². The zero-order valence-corrected chi connectivity index (χ0v) is 11.4. The molecule has 0 amide bonds. The van der Waals surface area contributed by atoms with E-state index in [1.54, 1.807) is 12.3 Å². The van der Waals surface area contributed by atoms with Gasteiger partial charge in [0, 0.05) is 25.3 Å². The van der Waals surface area contributed by atoms with Crippen molar-refractivity contribution >= 4 is 23.1 Å². The van der Waals surface area contributed by atoms with Crippen molar-refractivity contribution in [3.05, 3.63) is 17.3 Å². The molecule has 3 N–H and O–H groups in total. The summed E-state index contributed by atoms with van der Waals surface area (Å²) in [7, 11) is 4.03. The minimum Gasteiger partial charge on any atom is -0.396 e. The average molecular weight is 271 g/mol. The largest absolute Gasteiger partial charge is 0.396 e. The third-order valence-electron chi connectivity index (χ3n) is 3.10. The van der Waals surface area contributed by atoms with E-state index in [1.807, 2.05) is 14.1 Å². The van der Waals surface area contributed by atoms with Crippen LogP contribution < -0.4 is 10.6 Å². The predicted molar refractivity (Wildman–Crippen MR) is 74.0 cm³/mol. The van der Waals surface area contributed by atoms with Gasteiger partial charge in [-0.15, -0.1) is 0 Å². The van der Waals surface area contributed by atoms with Crippen LogP contribution in [0.15, 0.2) is 12.3 Å². The average Bonchev–Trinajstić information content (AvgIpc) is 2.58. The zero-order valence-electron chi connectivity index (χ0n) is 10.7. The van der Waals surface area contributed by atoms with Gasteiger partial charge in [-0.05, 0) is 26.6 Å². The minimum atomic E-state index is -0.327. The molecule has 6 heteroatoms. The van der Waals surface area contributed by atoms with E-state index in [2.05, 4.69) is 14.8 Å². The standard InChI is InChI=1S/C12H19ClN4O/c1-16(2)6-9-4-10(18)7-17(9)12-11(14)3-8(13)5-15-12/h3,5,9-10,18H,4,6-7,14H2,1-2H3. The van der Waals surface area contributed by atoms with Crippen molar-refractivity contribution in [2.24, 2.45) is 0 Å². The van der Waals surface area contributed by atoms with Gasteiger partial charge in [0.15, 0.2) is 5.82 Å². The molecule has 2 rings (SSSR count). The molecule has 100 valence electrons. The summed E-state index contributed by atoms with van der Waals surface area (Å²) >= 11 is 5.85. The predicted octanol–water partition coefficient (Wildman–Crippen LogP) is 0.818. The second-order valence-electron chi connectivity index (χ2n) is 5.02. The Kier molecular flexibility index (Phi) is 3.94. The highest BCUT2D eigenvalue weighted by Gasteiger charge is 2.33. The molecule has 0 aliphatic carbocycles. The van der Waals surface area contributed by atoms with Crippen LogP contribution in [0.2, 0.25) is 5.02 Å². The second kappa shape index (κ2) is 5.30. The lowest BCUT2D eigenvalue weighted by molar-refractivity contribution is 0.191. The number of nitrogens with zero attached hydrogens (tertiary/aromatic N) is 3. The van der Waals surface area contributed by atoms with Crippen molar-refractivity contribution in [2.45, 2.75) is 18.6 Å². The number of aliphatic hydroxyl groups is 1. The smallest absolute Gasteiger partial charge is 0.152 e. The maximum atomic E-state index is 9.83. The summed E-state index contributed by atoms with van der Waals surface area (Å²) in [6.45, 7) is 1.43. The van der Waals surface area contributed by atoms with Gasteiger partial charge in [0.05, 0.1) is 16.8 Å². The van der Waals surface area contributed by atoms with E-state index in [-0.39, 0.29) is 12.1 Å². The van der Waals surface area contributed by atoms with Crippen LogP contribution in [0, 0.1) is 0 Å². The van der Waals surface area contributed by atoms with Gasteiger partial charge in [-0.25, -0.2) is 4.98 Å². The fourth-order valence-electron chi connectivity index (χ4n) is 2.43. The molecule has 2 heterocycles. The molecule has 18 heavy (non-hydrogen) atoms. The number of rotatable bonds is 3. The van der Waals surface area contributed by atoms with Crippen LogP contribution in [-0.4, -0.2) is 54.3 Å². The molecule has 0 bridgehead atoms. The Morgan fingerprint density at radius 2 is 2.33 bits per heavy atom. The summed E-state index contributed by atoms with van der Waals surface area (Å²) in [5.74, 6) is 0.711. The lowest BCUT2D eigenvalue weighted by atomic mass is 10.2. The summed E-state index contributed by atoms with van der Waals surface area (Å²) < 4.78 is 0. The van der Waals surface area contributed by atoms with Crippen LogP contribution in [0.25, 0.3) is 0 Å². The number of anilines is 2. The number of aromatic nitrogens is 1. The quantitative estimate of drug-likeness (QED) is 0.851. The molecular formula is C12H19ClN4O. The summed E-state index contributed by atoms with van der Waals surface area (Å²) in [6.07, 6.45) is 2.00. The summed E-state index contributed by atoms with van der Waals surface area (Å²) in [5.41, 5.74) is 6.51. The Hall–Kier alpha value is -1.04. The third kappa shape index (κ3) is 2.85.